The van der Waals surface area contributed by atoms with Crippen molar-refractivity contribution in [1.29, 1.82) is 0 Å². The number of benzene rings is 1. The van der Waals surface area contributed by atoms with E-state index in [0.29, 0.717) is 11.4 Å². The largest absolute Gasteiger partial charge is 0.463 e. The molecule has 0 heterocycles. The lowest BCUT2D eigenvalue weighted by Crippen LogP contribution is -2.04. The van der Waals surface area contributed by atoms with Gasteiger partial charge in [0.15, 0.2) is 0 Å². The topological polar surface area (TPSA) is 81.5 Å². The van der Waals surface area contributed by atoms with E-state index in [-0.39, 0.29) is 6.61 Å². The minimum atomic E-state index is -0.914. The second kappa shape index (κ2) is 6.48. The van der Waals surface area contributed by atoms with Crippen LogP contribution in [-0.4, -0.2) is 17.5 Å². The number of nitro groups is 1. The molecule has 19 heavy (non-hydrogen) atoms. The zero-order valence-electron chi connectivity index (χ0n) is 10.5. The standard InChI is InChI=1S/C12H13FN2O4/c1-3-19-12(16)6-8(2)14-9-4-5-10(13)11(7-9)15(17)18/h4-7,14H,3H2,1-2H3. The molecule has 0 bridgehead atoms. The van der Waals surface area contributed by atoms with E-state index < -0.39 is 22.4 Å². The van der Waals surface area contributed by atoms with Gasteiger partial charge < -0.3 is 10.1 Å². The molecule has 0 radical (unpaired) electrons. The van der Waals surface area contributed by atoms with Gasteiger partial charge in [-0.1, -0.05) is 0 Å². The van der Waals surface area contributed by atoms with Crippen LogP contribution in [0.15, 0.2) is 30.0 Å². The Morgan fingerprint density at radius 1 is 1.58 bits per heavy atom. The highest BCUT2D eigenvalue weighted by molar-refractivity contribution is 5.83. The highest BCUT2D eigenvalue weighted by Crippen LogP contribution is 2.22. The number of rotatable bonds is 5. The first-order chi connectivity index (χ1) is 8.93. The van der Waals surface area contributed by atoms with Crippen molar-refractivity contribution < 1.29 is 18.8 Å². The van der Waals surface area contributed by atoms with Gasteiger partial charge in [0.25, 0.3) is 0 Å². The van der Waals surface area contributed by atoms with E-state index in [4.69, 9.17) is 4.74 Å². The summed E-state index contributed by atoms with van der Waals surface area (Å²) in [5.74, 6) is -1.44. The van der Waals surface area contributed by atoms with Gasteiger partial charge in [-0.15, -0.1) is 0 Å². The zero-order chi connectivity index (χ0) is 14.4. The van der Waals surface area contributed by atoms with Crippen molar-refractivity contribution in [1.82, 2.24) is 0 Å². The normalized spacial score (nSPS) is 11.0. The Bertz CT molecular complexity index is 528. The molecule has 0 atom stereocenters. The molecule has 7 heteroatoms. The van der Waals surface area contributed by atoms with Gasteiger partial charge >= 0.3 is 11.7 Å². The van der Waals surface area contributed by atoms with Gasteiger partial charge in [0, 0.05) is 23.5 Å². The van der Waals surface area contributed by atoms with Crippen LogP contribution in [0.5, 0.6) is 0 Å². The van der Waals surface area contributed by atoms with Crippen LogP contribution < -0.4 is 5.32 Å². The van der Waals surface area contributed by atoms with Gasteiger partial charge in [0.1, 0.15) is 0 Å². The zero-order valence-corrected chi connectivity index (χ0v) is 10.5. The number of ether oxygens (including phenoxy) is 1. The Morgan fingerprint density at radius 3 is 2.84 bits per heavy atom. The first-order valence-corrected chi connectivity index (χ1v) is 5.50. The number of hydrogen-bond donors (Lipinski definition) is 1. The Balaban J connectivity index is 2.85. The summed E-state index contributed by atoms with van der Waals surface area (Å²) in [6, 6.07) is 3.38. The average molecular weight is 268 g/mol. The lowest BCUT2D eigenvalue weighted by Gasteiger charge is -2.06. The minimum Gasteiger partial charge on any atom is -0.463 e. The summed E-state index contributed by atoms with van der Waals surface area (Å²) in [7, 11) is 0. The van der Waals surface area contributed by atoms with Crippen molar-refractivity contribution >= 4 is 17.3 Å². The molecule has 0 aliphatic carbocycles. The first-order valence-electron chi connectivity index (χ1n) is 5.50. The molecule has 0 saturated carbocycles. The lowest BCUT2D eigenvalue weighted by molar-refractivity contribution is -0.387. The number of anilines is 1. The maximum absolute atomic E-state index is 13.1. The van der Waals surface area contributed by atoms with Gasteiger partial charge in [0.05, 0.1) is 11.5 Å². The van der Waals surface area contributed by atoms with Gasteiger partial charge in [-0.25, -0.2) is 4.79 Å². The van der Waals surface area contributed by atoms with E-state index in [2.05, 4.69) is 5.32 Å². The third-order valence-electron chi connectivity index (χ3n) is 2.11. The van der Waals surface area contributed by atoms with Gasteiger partial charge in [-0.05, 0) is 26.0 Å². The maximum Gasteiger partial charge on any atom is 0.332 e. The fourth-order valence-electron chi connectivity index (χ4n) is 1.35. The maximum atomic E-state index is 13.1. The molecule has 0 aromatic heterocycles. The summed E-state index contributed by atoms with van der Waals surface area (Å²) in [5.41, 5.74) is 0.111. The summed E-state index contributed by atoms with van der Waals surface area (Å²) in [4.78, 5) is 20.9. The second-order valence-electron chi connectivity index (χ2n) is 3.63. The Kier molecular flexibility index (Phi) is 4.99. The average Bonchev–Trinajstić information content (AvgIpc) is 2.31. The lowest BCUT2D eigenvalue weighted by atomic mass is 10.2. The predicted molar refractivity (Wildman–Crippen MR) is 67.1 cm³/mol. The Labute approximate surface area is 109 Å². The number of esters is 1. The number of allylic oxidation sites excluding steroid dienone is 1. The summed E-state index contributed by atoms with van der Waals surface area (Å²) in [5, 5.41) is 13.3. The van der Waals surface area contributed by atoms with Gasteiger partial charge in [-0.3, -0.25) is 10.1 Å². The van der Waals surface area contributed by atoms with Crippen LogP contribution in [0.25, 0.3) is 0 Å². The van der Waals surface area contributed by atoms with Gasteiger partial charge in [0.2, 0.25) is 5.82 Å². The fourth-order valence-corrected chi connectivity index (χ4v) is 1.35. The highest BCUT2D eigenvalue weighted by atomic mass is 19.1. The molecular weight excluding hydrogens is 255 g/mol. The number of nitrogens with one attached hydrogen (secondary N) is 1. The fraction of sp³-hybridized carbons (Fsp3) is 0.250. The molecule has 6 nitrogen and oxygen atoms in total. The number of nitrogens with zero attached hydrogens (tertiary/aromatic N) is 1. The molecule has 0 unspecified atom stereocenters. The number of nitro benzene ring substituents is 1. The number of halogens is 1. The van der Waals surface area contributed by atoms with Crippen LogP contribution >= 0.6 is 0 Å². The van der Waals surface area contributed by atoms with Crippen LogP contribution in [0.1, 0.15) is 13.8 Å². The monoisotopic (exact) mass is 268 g/mol. The van der Waals surface area contributed by atoms with Crippen molar-refractivity contribution in [3.63, 3.8) is 0 Å². The molecule has 102 valence electrons. The first kappa shape index (κ1) is 14.6. The minimum absolute atomic E-state index is 0.255. The molecule has 0 amide bonds. The van der Waals surface area contributed by atoms with Crippen LogP contribution in [0.4, 0.5) is 15.8 Å². The van der Waals surface area contributed by atoms with E-state index >= 15 is 0 Å². The van der Waals surface area contributed by atoms with Crippen molar-refractivity contribution in [2.24, 2.45) is 0 Å². The van der Waals surface area contributed by atoms with E-state index in [1.165, 1.54) is 12.1 Å². The summed E-state index contributed by atoms with van der Waals surface area (Å²) in [6.07, 6.45) is 1.21. The second-order valence-corrected chi connectivity index (χ2v) is 3.63. The molecule has 0 spiro atoms. The predicted octanol–water partition coefficient (Wildman–Crippen LogP) is 2.61. The molecule has 0 aliphatic rings. The molecule has 0 saturated heterocycles. The summed E-state index contributed by atoms with van der Waals surface area (Å²) >= 11 is 0. The van der Waals surface area contributed by atoms with E-state index in [1.54, 1.807) is 13.8 Å². The molecule has 0 aliphatic heterocycles. The molecule has 1 aromatic carbocycles. The van der Waals surface area contributed by atoms with Crippen molar-refractivity contribution in [2.45, 2.75) is 13.8 Å². The summed E-state index contributed by atoms with van der Waals surface area (Å²) in [6.45, 7) is 3.52. The molecular formula is C12H13FN2O4. The molecule has 0 fully saturated rings. The molecule has 1 rings (SSSR count). The van der Waals surface area contributed by atoms with Crippen molar-refractivity contribution in [2.75, 3.05) is 11.9 Å². The molecule has 1 N–H and O–H groups in total. The molecule has 1 aromatic rings. The number of carbonyl (C=O) groups is 1. The van der Waals surface area contributed by atoms with Crippen LogP contribution in [0.2, 0.25) is 0 Å². The van der Waals surface area contributed by atoms with Crippen molar-refractivity contribution in [3.8, 4) is 0 Å². The van der Waals surface area contributed by atoms with Crippen LogP contribution in [0, 0.1) is 15.9 Å². The Hall–Kier alpha value is -2.44. The van der Waals surface area contributed by atoms with E-state index in [1.807, 2.05) is 0 Å². The highest BCUT2D eigenvalue weighted by Gasteiger charge is 2.14. The third-order valence-corrected chi connectivity index (χ3v) is 2.11. The summed E-state index contributed by atoms with van der Waals surface area (Å²) < 4.78 is 17.8. The quantitative estimate of drug-likeness (QED) is 0.384. The van der Waals surface area contributed by atoms with Crippen LogP contribution in [-0.2, 0) is 9.53 Å². The van der Waals surface area contributed by atoms with E-state index in [9.17, 15) is 19.3 Å². The number of hydrogen-bond acceptors (Lipinski definition) is 5. The van der Waals surface area contributed by atoms with Crippen LogP contribution in [0.3, 0.4) is 0 Å². The van der Waals surface area contributed by atoms with E-state index in [0.717, 1.165) is 12.1 Å². The smallest absolute Gasteiger partial charge is 0.332 e. The van der Waals surface area contributed by atoms with Gasteiger partial charge in [-0.2, -0.15) is 4.39 Å². The third kappa shape index (κ3) is 4.38. The SMILES string of the molecule is CCOC(=O)C=C(C)Nc1ccc(F)c([N+](=O)[O-])c1. The number of carbonyl (C=O) groups excluding carboxylic acids is 1. The Morgan fingerprint density at radius 2 is 2.26 bits per heavy atom. The van der Waals surface area contributed by atoms with Crippen molar-refractivity contribution in [3.05, 3.63) is 45.9 Å².